The lowest BCUT2D eigenvalue weighted by atomic mass is 10.2. The van der Waals surface area contributed by atoms with Gasteiger partial charge in [0.15, 0.2) is 5.82 Å². The number of anilines is 1. The molecule has 0 aromatic carbocycles. The van der Waals surface area contributed by atoms with Gasteiger partial charge in [0.25, 0.3) is 0 Å². The molecule has 1 aliphatic heterocycles. The molecule has 0 spiro atoms. The van der Waals surface area contributed by atoms with E-state index in [-0.39, 0.29) is 18.2 Å². The highest BCUT2D eigenvalue weighted by Gasteiger charge is 2.36. The molecule has 5 atom stereocenters. The average Bonchev–Trinajstić information content (AvgIpc) is 3.46. The molecule has 3 heterocycles. The van der Waals surface area contributed by atoms with Crippen molar-refractivity contribution in [3.05, 3.63) is 29.6 Å². The molecule has 0 bridgehead atoms. The van der Waals surface area contributed by atoms with Crippen molar-refractivity contribution in [2.45, 2.75) is 83.2 Å². The van der Waals surface area contributed by atoms with Gasteiger partial charge in [0, 0.05) is 33.4 Å². The van der Waals surface area contributed by atoms with E-state index in [0.29, 0.717) is 31.2 Å². The quantitative estimate of drug-likeness (QED) is 0.390. The molecular formula is C23H38N6O6S. The Morgan fingerprint density at radius 3 is 2.56 bits per heavy atom. The summed E-state index contributed by atoms with van der Waals surface area (Å²) in [6, 6.07) is 0. The molecule has 202 valence electrons. The number of nitrogens with zero attached hydrogens (tertiary/aromatic N) is 5. The predicted molar refractivity (Wildman–Crippen MR) is 133 cm³/mol. The maximum Gasteiger partial charge on any atom is 0.240 e. The smallest absolute Gasteiger partial charge is 0.240 e. The summed E-state index contributed by atoms with van der Waals surface area (Å²) >= 11 is 0. The molecule has 1 N–H and O–H groups in total. The van der Waals surface area contributed by atoms with Gasteiger partial charge in [-0.25, -0.2) is 8.42 Å². The summed E-state index contributed by atoms with van der Waals surface area (Å²) in [5, 5.41) is 7.49. The van der Waals surface area contributed by atoms with Crippen LogP contribution >= 0.6 is 0 Å². The second-order valence-electron chi connectivity index (χ2n) is 8.96. The molecule has 0 amide bonds. The van der Waals surface area contributed by atoms with E-state index in [0.717, 1.165) is 25.0 Å². The third-order valence-electron chi connectivity index (χ3n) is 6.11. The second kappa shape index (κ2) is 12.9. The fraction of sp³-hybridized carbons (Fsp3) is 0.739. The maximum atomic E-state index is 13.6. The number of ether oxygens (including phenoxy) is 4. The number of aromatic nitrogens is 5. The van der Waals surface area contributed by atoms with E-state index in [2.05, 4.69) is 24.9 Å². The van der Waals surface area contributed by atoms with Gasteiger partial charge in [0.1, 0.15) is 23.7 Å². The minimum atomic E-state index is -4.00. The molecule has 1 aliphatic rings. The van der Waals surface area contributed by atoms with Crippen molar-refractivity contribution in [3.63, 3.8) is 0 Å². The number of aryl methyl sites for hydroxylation is 1. The highest BCUT2D eigenvalue weighted by Crippen LogP contribution is 2.35. The van der Waals surface area contributed by atoms with Crippen LogP contribution in [0.25, 0.3) is 0 Å². The van der Waals surface area contributed by atoms with E-state index in [9.17, 15) is 8.42 Å². The van der Waals surface area contributed by atoms with E-state index in [1.54, 1.807) is 38.1 Å². The molecule has 0 radical (unpaired) electrons. The number of hydrogen-bond acceptors (Lipinski definition) is 10. The molecule has 2 aromatic rings. The fourth-order valence-electron chi connectivity index (χ4n) is 4.08. The number of nitrogens with one attached hydrogen (secondary N) is 1. The fourth-order valence-corrected chi connectivity index (χ4v) is 5.20. The van der Waals surface area contributed by atoms with Crippen LogP contribution in [0.15, 0.2) is 12.4 Å². The summed E-state index contributed by atoms with van der Waals surface area (Å²) in [6.45, 7) is 8.12. The highest BCUT2D eigenvalue weighted by molar-refractivity contribution is 7.93. The van der Waals surface area contributed by atoms with Crippen LogP contribution in [0, 0.1) is 6.92 Å². The van der Waals surface area contributed by atoms with Crippen LogP contribution < -0.4 is 4.72 Å². The van der Waals surface area contributed by atoms with Crippen LogP contribution in [0.3, 0.4) is 0 Å². The van der Waals surface area contributed by atoms with Crippen LogP contribution in [0.4, 0.5) is 5.95 Å². The minimum Gasteiger partial charge on any atom is -0.385 e. The molecule has 2 aromatic heterocycles. The Morgan fingerprint density at radius 1 is 1.19 bits per heavy atom. The van der Waals surface area contributed by atoms with Gasteiger partial charge in [0.05, 0.1) is 30.3 Å². The first-order valence-electron chi connectivity index (χ1n) is 12.3. The summed E-state index contributed by atoms with van der Waals surface area (Å²) in [7, 11) is -0.857. The average molecular weight is 527 g/mol. The zero-order valence-corrected chi connectivity index (χ0v) is 22.7. The lowest BCUT2D eigenvalue weighted by molar-refractivity contribution is 0.00193. The van der Waals surface area contributed by atoms with Crippen molar-refractivity contribution in [1.82, 2.24) is 24.7 Å². The first kappa shape index (κ1) is 28.4. The van der Waals surface area contributed by atoms with Crippen molar-refractivity contribution in [2.75, 3.05) is 32.2 Å². The third kappa shape index (κ3) is 6.76. The summed E-state index contributed by atoms with van der Waals surface area (Å²) < 4.78 is 54.3. The van der Waals surface area contributed by atoms with Gasteiger partial charge in [0.2, 0.25) is 16.0 Å². The highest BCUT2D eigenvalue weighted by atomic mass is 32.2. The Labute approximate surface area is 213 Å². The standard InChI is InChI=1S/C23H38N6O6S/c1-7-11-34-21(18-14-24-15(2)13-25-18)17(4)36(30,31)28-23-27-26-22(19-9-8-16(3)35-19)29(23)20(33-6)10-12-32-5/h13-14,16-17,19-21H,7-12H2,1-6H3,(H,27,28)/t16-,17-,19-,20?,21+/m0/s1. The number of methoxy groups -OCH3 is 2. The van der Waals surface area contributed by atoms with Crippen LogP contribution in [-0.4, -0.2) is 71.9 Å². The summed E-state index contributed by atoms with van der Waals surface area (Å²) in [5.74, 6) is 0.558. The first-order valence-corrected chi connectivity index (χ1v) is 13.8. The third-order valence-corrected chi connectivity index (χ3v) is 7.81. The topological polar surface area (TPSA) is 140 Å². The predicted octanol–water partition coefficient (Wildman–Crippen LogP) is 3.10. The van der Waals surface area contributed by atoms with E-state index >= 15 is 0 Å². The van der Waals surface area contributed by atoms with Crippen LogP contribution in [0.1, 0.15) is 82.1 Å². The number of hydrogen-bond donors (Lipinski definition) is 1. The zero-order chi connectivity index (χ0) is 26.3. The Balaban J connectivity index is 1.94. The van der Waals surface area contributed by atoms with Crippen molar-refractivity contribution in [3.8, 4) is 0 Å². The van der Waals surface area contributed by atoms with Gasteiger partial charge in [-0.3, -0.25) is 19.3 Å². The number of rotatable bonds is 14. The van der Waals surface area contributed by atoms with Gasteiger partial charge < -0.3 is 18.9 Å². The monoisotopic (exact) mass is 526 g/mol. The van der Waals surface area contributed by atoms with Gasteiger partial charge in [-0.2, -0.15) is 0 Å². The lowest BCUT2D eigenvalue weighted by Gasteiger charge is -2.26. The molecule has 1 saturated heterocycles. The Morgan fingerprint density at radius 2 is 1.97 bits per heavy atom. The van der Waals surface area contributed by atoms with Gasteiger partial charge >= 0.3 is 0 Å². The number of sulfonamides is 1. The molecule has 0 aliphatic carbocycles. The lowest BCUT2D eigenvalue weighted by Crippen LogP contribution is -2.34. The SMILES string of the molecule is CCCO[C@@H](c1cnc(C)cn1)[C@H](C)S(=O)(=O)Nc1nnc([C@@H]2CC[C@H](C)O2)n1C(CCOC)OC. The summed E-state index contributed by atoms with van der Waals surface area (Å²) in [4.78, 5) is 8.63. The van der Waals surface area contributed by atoms with Crippen molar-refractivity contribution < 1.29 is 27.4 Å². The molecule has 36 heavy (non-hydrogen) atoms. The maximum absolute atomic E-state index is 13.6. The van der Waals surface area contributed by atoms with Crippen molar-refractivity contribution >= 4 is 16.0 Å². The Bertz CT molecular complexity index is 1060. The van der Waals surface area contributed by atoms with E-state index < -0.39 is 27.6 Å². The zero-order valence-electron chi connectivity index (χ0n) is 21.9. The normalized spacial score (nSPS) is 20.8. The molecular weight excluding hydrogens is 488 g/mol. The summed E-state index contributed by atoms with van der Waals surface area (Å²) in [5.41, 5.74) is 1.17. The largest absolute Gasteiger partial charge is 0.385 e. The second-order valence-corrected chi connectivity index (χ2v) is 11.0. The van der Waals surface area contributed by atoms with Crippen molar-refractivity contribution in [2.24, 2.45) is 0 Å². The molecule has 3 rings (SSSR count). The first-order chi connectivity index (χ1) is 17.2. The van der Waals surface area contributed by atoms with Crippen LogP contribution in [-0.2, 0) is 29.0 Å². The molecule has 1 unspecified atom stereocenters. The molecule has 1 fully saturated rings. The Kier molecular flexibility index (Phi) is 10.1. The molecule has 0 saturated carbocycles. The van der Waals surface area contributed by atoms with Crippen LogP contribution in [0.2, 0.25) is 0 Å². The molecule has 13 heteroatoms. The summed E-state index contributed by atoms with van der Waals surface area (Å²) in [6.07, 6.45) is 4.34. The van der Waals surface area contributed by atoms with Crippen LogP contribution in [0.5, 0.6) is 0 Å². The van der Waals surface area contributed by atoms with E-state index in [4.69, 9.17) is 18.9 Å². The van der Waals surface area contributed by atoms with Gasteiger partial charge in [-0.1, -0.05) is 6.92 Å². The van der Waals surface area contributed by atoms with Gasteiger partial charge in [-0.05, 0) is 40.0 Å². The molecule has 12 nitrogen and oxygen atoms in total. The van der Waals surface area contributed by atoms with Gasteiger partial charge in [-0.15, -0.1) is 10.2 Å². The van der Waals surface area contributed by atoms with Crippen molar-refractivity contribution in [1.29, 1.82) is 0 Å². The minimum absolute atomic E-state index is 0.0483. The van der Waals surface area contributed by atoms with E-state index in [1.807, 2.05) is 20.8 Å². The Hall–Kier alpha value is -2.19. The van der Waals surface area contributed by atoms with E-state index in [1.165, 1.54) is 0 Å².